The molecule has 18 heavy (non-hydrogen) atoms. The first kappa shape index (κ1) is 13.3. The third-order valence-electron chi connectivity index (χ3n) is 2.75. The average molecular weight is 261 g/mol. The van der Waals surface area contributed by atoms with E-state index in [2.05, 4.69) is 28.5 Å². The molecule has 0 bridgehead atoms. The zero-order chi connectivity index (χ0) is 12.8. The Balaban J connectivity index is 1.91. The first-order valence-corrected chi connectivity index (χ1v) is 7.59. The Morgan fingerprint density at radius 2 is 2.06 bits per heavy atom. The van der Waals surface area contributed by atoms with Gasteiger partial charge in [0.25, 0.3) is 0 Å². The van der Waals surface area contributed by atoms with Crippen molar-refractivity contribution in [2.75, 3.05) is 18.6 Å². The third kappa shape index (κ3) is 3.68. The SMILES string of the molecule is CSCC(C)CNCc1cnc2ccccc2n1. The van der Waals surface area contributed by atoms with Crippen molar-refractivity contribution in [2.45, 2.75) is 13.5 Å². The van der Waals surface area contributed by atoms with E-state index in [0.29, 0.717) is 5.92 Å². The smallest absolute Gasteiger partial charge is 0.0890 e. The van der Waals surface area contributed by atoms with Gasteiger partial charge in [-0.25, -0.2) is 4.98 Å². The number of thioether (sulfide) groups is 1. The quantitative estimate of drug-likeness (QED) is 0.867. The molecule has 2 aromatic rings. The summed E-state index contributed by atoms with van der Waals surface area (Å²) in [4.78, 5) is 9.00. The molecule has 0 saturated carbocycles. The van der Waals surface area contributed by atoms with Crippen LogP contribution >= 0.6 is 11.8 Å². The Morgan fingerprint density at radius 1 is 1.28 bits per heavy atom. The summed E-state index contributed by atoms with van der Waals surface area (Å²) in [5.41, 5.74) is 2.93. The molecule has 3 nitrogen and oxygen atoms in total. The highest BCUT2D eigenvalue weighted by atomic mass is 32.2. The van der Waals surface area contributed by atoms with Crippen LogP contribution in [0.1, 0.15) is 12.6 Å². The average Bonchev–Trinajstić information content (AvgIpc) is 2.39. The van der Waals surface area contributed by atoms with Crippen LogP contribution in [0.3, 0.4) is 0 Å². The van der Waals surface area contributed by atoms with Crippen LogP contribution < -0.4 is 5.32 Å². The predicted molar refractivity (Wildman–Crippen MR) is 78.8 cm³/mol. The molecule has 0 aliphatic rings. The maximum absolute atomic E-state index is 4.59. The minimum atomic E-state index is 0.688. The molecule has 1 atom stereocenters. The maximum Gasteiger partial charge on any atom is 0.0890 e. The Morgan fingerprint density at radius 3 is 2.83 bits per heavy atom. The van der Waals surface area contributed by atoms with Gasteiger partial charge < -0.3 is 5.32 Å². The molecule has 96 valence electrons. The van der Waals surface area contributed by atoms with Crippen molar-refractivity contribution >= 4 is 22.8 Å². The van der Waals surface area contributed by atoms with Gasteiger partial charge in [0.05, 0.1) is 22.9 Å². The van der Waals surface area contributed by atoms with Crippen LogP contribution in [0.5, 0.6) is 0 Å². The minimum Gasteiger partial charge on any atom is -0.311 e. The Hall–Kier alpha value is -1.13. The van der Waals surface area contributed by atoms with Crippen molar-refractivity contribution in [3.63, 3.8) is 0 Å². The summed E-state index contributed by atoms with van der Waals surface area (Å²) in [6.45, 7) is 4.07. The zero-order valence-electron chi connectivity index (χ0n) is 10.9. The van der Waals surface area contributed by atoms with Crippen LogP contribution in [-0.4, -0.2) is 28.5 Å². The largest absolute Gasteiger partial charge is 0.311 e. The van der Waals surface area contributed by atoms with Crippen LogP contribution in [0.15, 0.2) is 30.5 Å². The molecule has 4 heteroatoms. The number of para-hydroxylation sites is 2. The number of nitrogens with zero attached hydrogens (tertiary/aromatic N) is 2. The van der Waals surface area contributed by atoms with Crippen LogP contribution in [0, 0.1) is 5.92 Å². The Bertz CT molecular complexity index is 501. The third-order valence-corrected chi connectivity index (χ3v) is 3.65. The molecule has 0 saturated heterocycles. The number of fused-ring (bicyclic) bond motifs is 1. The maximum atomic E-state index is 4.59. The molecule has 0 spiro atoms. The van der Waals surface area contributed by atoms with E-state index in [1.165, 1.54) is 5.75 Å². The number of nitrogens with one attached hydrogen (secondary N) is 1. The minimum absolute atomic E-state index is 0.688. The summed E-state index contributed by atoms with van der Waals surface area (Å²) in [5, 5.41) is 3.44. The molecule has 0 fully saturated rings. The summed E-state index contributed by atoms with van der Waals surface area (Å²) >= 11 is 1.89. The van der Waals surface area contributed by atoms with E-state index in [1.807, 2.05) is 42.2 Å². The number of rotatable bonds is 6. The fraction of sp³-hybridized carbons (Fsp3) is 0.429. The van der Waals surface area contributed by atoms with Gasteiger partial charge >= 0.3 is 0 Å². The van der Waals surface area contributed by atoms with Crippen LogP contribution in [0.2, 0.25) is 0 Å². The van der Waals surface area contributed by atoms with Gasteiger partial charge in [-0.15, -0.1) is 0 Å². The second kappa shape index (κ2) is 6.71. The second-order valence-electron chi connectivity index (χ2n) is 4.54. The summed E-state index contributed by atoms with van der Waals surface area (Å²) in [6, 6.07) is 7.97. The van der Waals surface area contributed by atoms with Crippen LogP contribution in [0.25, 0.3) is 11.0 Å². The fourth-order valence-corrected chi connectivity index (χ4v) is 2.56. The van der Waals surface area contributed by atoms with Gasteiger partial charge in [-0.05, 0) is 36.6 Å². The molecule has 0 amide bonds. The molecule has 1 heterocycles. The van der Waals surface area contributed by atoms with Gasteiger partial charge in [0.1, 0.15) is 0 Å². The summed E-state index contributed by atoms with van der Waals surface area (Å²) in [5.74, 6) is 1.88. The van der Waals surface area contributed by atoms with Crippen molar-refractivity contribution in [3.05, 3.63) is 36.2 Å². The van der Waals surface area contributed by atoms with E-state index in [1.54, 1.807) is 0 Å². The normalized spacial score (nSPS) is 12.8. The zero-order valence-corrected chi connectivity index (χ0v) is 11.7. The van der Waals surface area contributed by atoms with E-state index in [4.69, 9.17) is 0 Å². The molecule has 0 aliphatic carbocycles. The first-order chi connectivity index (χ1) is 8.79. The Kier molecular flexibility index (Phi) is 4.96. The second-order valence-corrected chi connectivity index (χ2v) is 5.45. The molecule has 0 radical (unpaired) electrons. The molecule has 1 N–H and O–H groups in total. The first-order valence-electron chi connectivity index (χ1n) is 6.20. The number of hydrogen-bond acceptors (Lipinski definition) is 4. The monoisotopic (exact) mass is 261 g/mol. The van der Waals surface area contributed by atoms with E-state index < -0.39 is 0 Å². The molecule has 2 rings (SSSR count). The highest BCUT2D eigenvalue weighted by molar-refractivity contribution is 7.98. The molecule has 0 aliphatic heterocycles. The number of hydrogen-bond donors (Lipinski definition) is 1. The summed E-state index contributed by atoms with van der Waals surface area (Å²) in [6.07, 6.45) is 4.00. The lowest BCUT2D eigenvalue weighted by atomic mass is 10.2. The van der Waals surface area contributed by atoms with Gasteiger partial charge in [0.2, 0.25) is 0 Å². The highest BCUT2D eigenvalue weighted by Crippen LogP contribution is 2.08. The number of aromatic nitrogens is 2. The molecule has 1 aromatic heterocycles. The van der Waals surface area contributed by atoms with Crippen molar-refractivity contribution in [1.82, 2.24) is 15.3 Å². The topological polar surface area (TPSA) is 37.8 Å². The van der Waals surface area contributed by atoms with Crippen LogP contribution in [0.4, 0.5) is 0 Å². The van der Waals surface area contributed by atoms with Crippen molar-refractivity contribution < 1.29 is 0 Å². The van der Waals surface area contributed by atoms with Crippen LogP contribution in [-0.2, 0) is 6.54 Å². The van der Waals surface area contributed by atoms with Gasteiger partial charge in [0, 0.05) is 6.54 Å². The van der Waals surface area contributed by atoms with E-state index in [0.717, 1.165) is 29.8 Å². The fourth-order valence-electron chi connectivity index (χ4n) is 1.87. The highest BCUT2D eigenvalue weighted by Gasteiger charge is 2.02. The predicted octanol–water partition coefficient (Wildman–Crippen LogP) is 2.72. The van der Waals surface area contributed by atoms with E-state index >= 15 is 0 Å². The lowest BCUT2D eigenvalue weighted by molar-refractivity contribution is 0.555. The summed E-state index contributed by atoms with van der Waals surface area (Å²) < 4.78 is 0. The van der Waals surface area contributed by atoms with Gasteiger partial charge in [0.15, 0.2) is 0 Å². The standard InChI is InChI=1S/C14H19N3S/c1-11(10-18-2)7-15-8-12-9-16-13-5-3-4-6-14(13)17-12/h3-6,9,11,15H,7-8,10H2,1-2H3. The summed E-state index contributed by atoms with van der Waals surface area (Å²) in [7, 11) is 0. The Labute approximate surface area is 112 Å². The van der Waals surface area contributed by atoms with Crippen molar-refractivity contribution in [2.24, 2.45) is 5.92 Å². The van der Waals surface area contributed by atoms with E-state index in [9.17, 15) is 0 Å². The van der Waals surface area contributed by atoms with Crippen molar-refractivity contribution in [1.29, 1.82) is 0 Å². The lowest BCUT2D eigenvalue weighted by Crippen LogP contribution is -2.22. The lowest BCUT2D eigenvalue weighted by Gasteiger charge is -2.10. The van der Waals surface area contributed by atoms with Crippen molar-refractivity contribution in [3.8, 4) is 0 Å². The van der Waals surface area contributed by atoms with E-state index in [-0.39, 0.29) is 0 Å². The number of benzene rings is 1. The molecular weight excluding hydrogens is 242 g/mol. The molecule has 1 unspecified atom stereocenters. The van der Waals surface area contributed by atoms with Gasteiger partial charge in [-0.2, -0.15) is 11.8 Å². The van der Waals surface area contributed by atoms with Gasteiger partial charge in [-0.3, -0.25) is 4.98 Å². The van der Waals surface area contributed by atoms with Gasteiger partial charge in [-0.1, -0.05) is 19.1 Å². The molecule has 1 aromatic carbocycles. The molecular formula is C14H19N3S.